The molecule has 24 heavy (non-hydrogen) atoms. The molecular formula is C19H20ClN3O. The van der Waals surface area contributed by atoms with E-state index in [1.807, 2.05) is 31.2 Å². The molecule has 2 aliphatic rings. The normalized spacial score (nSPS) is 20.3. The van der Waals surface area contributed by atoms with E-state index in [4.69, 9.17) is 16.6 Å². The van der Waals surface area contributed by atoms with Crippen LogP contribution in [0.2, 0.25) is 5.02 Å². The van der Waals surface area contributed by atoms with Crippen LogP contribution < -0.4 is 4.90 Å². The Hall–Kier alpha value is -1.94. The van der Waals surface area contributed by atoms with Gasteiger partial charge in [-0.3, -0.25) is 4.79 Å². The predicted octanol–water partition coefficient (Wildman–Crippen LogP) is 3.95. The second kappa shape index (κ2) is 6.17. The van der Waals surface area contributed by atoms with E-state index in [1.54, 1.807) is 0 Å². The highest BCUT2D eigenvalue weighted by Gasteiger charge is 2.30. The number of carbonyl (C=O) groups excluding carboxylic acids is 1. The van der Waals surface area contributed by atoms with E-state index in [1.165, 1.54) is 12.8 Å². The highest BCUT2D eigenvalue weighted by atomic mass is 35.5. The zero-order chi connectivity index (χ0) is 16.7. The molecule has 0 N–H and O–H groups in total. The van der Waals surface area contributed by atoms with Crippen LogP contribution in [0.5, 0.6) is 0 Å². The summed E-state index contributed by atoms with van der Waals surface area (Å²) in [4.78, 5) is 24.3. The Labute approximate surface area is 146 Å². The van der Waals surface area contributed by atoms with Gasteiger partial charge in [-0.05, 0) is 49.8 Å². The van der Waals surface area contributed by atoms with Crippen LogP contribution in [-0.2, 0) is 6.42 Å². The van der Waals surface area contributed by atoms with Crippen LogP contribution in [0, 0.1) is 6.92 Å². The molecule has 2 aromatic rings. The van der Waals surface area contributed by atoms with Crippen LogP contribution in [-0.4, -0.2) is 28.8 Å². The maximum atomic E-state index is 12.7. The highest BCUT2D eigenvalue weighted by Crippen LogP contribution is 2.34. The summed E-state index contributed by atoms with van der Waals surface area (Å²) >= 11 is 6.12. The van der Waals surface area contributed by atoms with Crippen molar-refractivity contribution in [3.8, 4) is 0 Å². The van der Waals surface area contributed by atoms with Crippen LogP contribution >= 0.6 is 11.6 Å². The largest absolute Gasteiger partial charge is 0.341 e. The summed E-state index contributed by atoms with van der Waals surface area (Å²) in [6.45, 7) is 3.94. The van der Waals surface area contributed by atoms with Crippen LogP contribution in [0.25, 0.3) is 0 Å². The van der Waals surface area contributed by atoms with Crippen molar-refractivity contribution >= 4 is 23.3 Å². The molecule has 4 rings (SSSR count). The van der Waals surface area contributed by atoms with Gasteiger partial charge in [0.15, 0.2) is 5.78 Å². The number of carbonyl (C=O) groups is 1. The molecule has 0 bridgehead atoms. The minimum Gasteiger partial charge on any atom is -0.341 e. The molecular weight excluding hydrogens is 322 g/mol. The van der Waals surface area contributed by atoms with Crippen LogP contribution in [0.1, 0.15) is 52.5 Å². The molecule has 1 aliphatic carbocycles. The number of fused-ring (bicyclic) bond motifs is 1. The fraction of sp³-hybridized carbons (Fsp3) is 0.421. The number of aryl methyl sites for hydroxylation is 1. The lowest BCUT2D eigenvalue weighted by atomic mass is 9.81. The standard InChI is InChI=1S/C19H20ClN3O/c1-12-18-16(22-19(21-12)23-7-2-3-8-23)10-14(11-17(18)24)13-5-4-6-15(20)9-13/h4-6,9,14H,2-3,7-8,10-11H2,1H3/t14-/m1/s1. The molecule has 1 fully saturated rings. The second-order valence-electron chi connectivity index (χ2n) is 6.71. The number of Topliss-reactive ketones (excluding diaryl/α,β-unsaturated/α-hetero) is 1. The molecule has 2 heterocycles. The number of nitrogens with zero attached hydrogens (tertiary/aromatic N) is 3. The number of halogens is 1. The summed E-state index contributed by atoms with van der Waals surface area (Å²) in [6.07, 6.45) is 3.64. The second-order valence-corrected chi connectivity index (χ2v) is 7.14. The number of hydrogen-bond acceptors (Lipinski definition) is 4. The molecule has 1 aliphatic heterocycles. The number of aromatic nitrogens is 2. The first-order valence-corrected chi connectivity index (χ1v) is 8.91. The van der Waals surface area contributed by atoms with Gasteiger partial charge in [0.05, 0.1) is 17.0 Å². The Kier molecular flexibility index (Phi) is 4.01. The van der Waals surface area contributed by atoms with E-state index >= 15 is 0 Å². The zero-order valence-electron chi connectivity index (χ0n) is 13.8. The Morgan fingerprint density at radius 1 is 1.17 bits per heavy atom. The lowest BCUT2D eigenvalue weighted by molar-refractivity contribution is 0.0962. The Morgan fingerprint density at radius 2 is 1.96 bits per heavy atom. The molecule has 0 saturated carbocycles. The molecule has 1 aromatic heterocycles. The maximum Gasteiger partial charge on any atom is 0.225 e. The molecule has 0 unspecified atom stereocenters. The Balaban J connectivity index is 1.71. The molecule has 1 atom stereocenters. The predicted molar refractivity (Wildman–Crippen MR) is 95.1 cm³/mol. The number of anilines is 1. The van der Waals surface area contributed by atoms with Gasteiger partial charge in [0.1, 0.15) is 0 Å². The van der Waals surface area contributed by atoms with Gasteiger partial charge in [-0.2, -0.15) is 0 Å². The summed E-state index contributed by atoms with van der Waals surface area (Å²) in [5.74, 6) is 1.07. The monoisotopic (exact) mass is 341 g/mol. The third kappa shape index (κ3) is 2.80. The molecule has 1 aromatic carbocycles. The van der Waals surface area contributed by atoms with Gasteiger partial charge < -0.3 is 4.90 Å². The SMILES string of the molecule is Cc1nc(N2CCCC2)nc2c1C(=O)C[C@H](c1cccc(Cl)c1)C2. The van der Waals surface area contributed by atoms with E-state index in [0.29, 0.717) is 11.4 Å². The average Bonchev–Trinajstić information content (AvgIpc) is 3.08. The number of benzene rings is 1. The quantitative estimate of drug-likeness (QED) is 0.829. The van der Waals surface area contributed by atoms with Crippen LogP contribution in [0.4, 0.5) is 5.95 Å². The van der Waals surface area contributed by atoms with Gasteiger partial charge in [-0.15, -0.1) is 0 Å². The van der Waals surface area contributed by atoms with Crippen molar-refractivity contribution in [3.05, 3.63) is 51.8 Å². The number of hydrogen-bond donors (Lipinski definition) is 0. The van der Waals surface area contributed by atoms with E-state index < -0.39 is 0 Å². The zero-order valence-corrected chi connectivity index (χ0v) is 14.5. The van der Waals surface area contributed by atoms with Crippen LogP contribution in [0.3, 0.4) is 0 Å². The van der Waals surface area contributed by atoms with Crippen molar-refractivity contribution < 1.29 is 4.79 Å². The first-order chi connectivity index (χ1) is 11.6. The average molecular weight is 342 g/mol. The van der Waals surface area contributed by atoms with Crippen LogP contribution in [0.15, 0.2) is 24.3 Å². The summed E-state index contributed by atoms with van der Waals surface area (Å²) in [7, 11) is 0. The van der Waals surface area contributed by atoms with E-state index in [-0.39, 0.29) is 11.7 Å². The van der Waals surface area contributed by atoms with Crippen molar-refractivity contribution in [2.45, 2.75) is 38.5 Å². The summed E-state index contributed by atoms with van der Waals surface area (Å²) in [6, 6.07) is 7.81. The lowest BCUT2D eigenvalue weighted by Crippen LogP contribution is -2.26. The first-order valence-electron chi connectivity index (χ1n) is 8.53. The molecule has 1 saturated heterocycles. The van der Waals surface area contributed by atoms with Crippen molar-refractivity contribution in [2.24, 2.45) is 0 Å². The Morgan fingerprint density at radius 3 is 2.71 bits per heavy atom. The van der Waals surface area contributed by atoms with E-state index in [0.717, 1.165) is 48.0 Å². The lowest BCUT2D eigenvalue weighted by Gasteiger charge is -2.26. The van der Waals surface area contributed by atoms with Gasteiger partial charge in [0.25, 0.3) is 0 Å². The molecule has 0 radical (unpaired) electrons. The number of rotatable bonds is 2. The summed E-state index contributed by atoms with van der Waals surface area (Å²) in [5, 5.41) is 0.711. The summed E-state index contributed by atoms with van der Waals surface area (Å²) in [5.41, 5.74) is 3.55. The molecule has 0 spiro atoms. The van der Waals surface area contributed by atoms with Crippen molar-refractivity contribution in [1.82, 2.24) is 9.97 Å². The van der Waals surface area contributed by atoms with Gasteiger partial charge in [0.2, 0.25) is 5.95 Å². The fourth-order valence-corrected chi connectivity index (χ4v) is 4.01. The first kappa shape index (κ1) is 15.6. The fourth-order valence-electron chi connectivity index (χ4n) is 3.81. The van der Waals surface area contributed by atoms with Gasteiger partial charge >= 0.3 is 0 Å². The smallest absolute Gasteiger partial charge is 0.225 e. The molecule has 0 amide bonds. The third-order valence-corrected chi connectivity index (χ3v) is 5.25. The van der Waals surface area contributed by atoms with E-state index in [9.17, 15) is 4.79 Å². The molecule has 5 heteroatoms. The minimum absolute atomic E-state index is 0.143. The van der Waals surface area contributed by atoms with E-state index in [2.05, 4.69) is 9.88 Å². The minimum atomic E-state index is 0.143. The number of ketones is 1. The molecule has 124 valence electrons. The topological polar surface area (TPSA) is 46.1 Å². The van der Waals surface area contributed by atoms with Gasteiger partial charge in [-0.25, -0.2) is 9.97 Å². The van der Waals surface area contributed by atoms with Crippen molar-refractivity contribution in [2.75, 3.05) is 18.0 Å². The summed E-state index contributed by atoms with van der Waals surface area (Å²) < 4.78 is 0. The van der Waals surface area contributed by atoms with Crippen molar-refractivity contribution in [1.29, 1.82) is 0 Å². The highest BCUT2D eigenvalue weighted by molar-refractivity contribution is 6.30. The molecule has 4 nitrogen and oxygen atoms in total. The Bertz CT molecular complexity index is 799. The van der Waals surface area contributed by atoms with Gasteiger partial charge in [0, 0.05) is 24.5 Å². The third-order valence-electron chi connectivity index (χ3n) is 5.01. The van der Waals surface area contributed by atoms with Gasteiger partial charge in [-0.1, -0.05) is 23.7 Å². The maximum absolute atomic E-state index is 12.7. The van der Waals surface area contributed by atoms with Crippen molar-refractivity contribution in [3.63, 3.8) is 0 Å².